The smallest absolute Gasteiger partial charge is 0.0781 e. The molecule has 3 nitrogen and oxygen atoms in total. The Labute approximate surface area is 116 Å². The summed E-state index contributed by atoms with van der Waals surface area (Å²) in [6.45, 7) is 7.44. The Bertz CT molecular complexity index is 405. The van der Waals surface area contributed by atoms with Gasteiger partial charge in [-0.05, 0) is 39.4 Å². The molecular formula is C16H26N2O. The fraction of sp³-hybridized carbons (Fsp3) is 0.625. The van der Waals surface area contributed by atoms with Gasteiger partial charge in [-0.25, -0.2) is 0 Å². The van der Waals surface area contributed by atoms with E-state index in [-0.39, 0.29) is 0 Å². The first kappa shape index (κ1) is 14.4. The van der Waals surface area contributed by atoms with Gasteiger partial charge in [0.05, 0.1) is 6.10 Å². The van der Waals surface area contributed by atoms with Crippen LogP contribution in [0.4, 0.5) is 5.69 Å². The largest absolute Gasteiger partial charge is 0.389 e. The van der Waals surface area contributed by atoms with Gasteiger partial charge in [-0.3, -0.25) is 0 Å². The van der Waals surface area contributed by atoms with Gasteiger partial charge in [0.25, 0.3) is 0 Å². The summed E-state index contributed by atoms with van der Waals surface area (Å²) >= 11 is 0. The van der Waals surface area contributed by atoms with E-state index in [0.717, 1.165) is 31.6 Å². The van der Waals surface area contributed by atoms with E-state index < -0.39 is 6.10 Å². The molecule has 1 N–H and O–H groups in total. The molecule has 1 heterocycles. The van der Waals surface area contributed by atoms with Crippen molar-refractivity contribution in [2.75, 3.05) is 31.6 Å². The van der Waals surface area contributed by atoms with E-state index in [9.17, 15) is 5.11 Å². The van der Waals surface area contributed by atoms with E-state index in [4.69, 9.17) is 0 Å². The van der Waals surface area contributed by atoms with Crippen molar-refractivity contribution in [3.8, 4) is 0 Å². The molecule has 1 aromatic carbocycles. The molecule has 0 radical (unpaired) electrons. The maximum Gasteiger partial charge on any atom is 0.0781 e. The number of benzene rings is 1. The Morgan fingerprint density at radius 3 is 2.74 bits per heavy atom. The number of anilines is 1. The zero-order valence-corrected chi connectivity index (χ0v) is 12.3. The third kappa shape index (κ3) is 3.28. The molecule has 19 heavy (non-hydrogen) atoms. The second kappa shape index (κ2) is 6.40. The van der Waals surface area contributed by atoms with Crippen LogP contribution in [0.5, 0.6) is 0 Å². The van der Waals surface area contributed by atoms with Gasteiger partial charge < -0.3 is 14.9 Å². The minimum atomic E-state index is -0.408. The van der Waals surface area contributed by atoms with Crippen molar-refractivity contribution in [3.63, 3.8) is 0 Å². The maximum atomic E-state index is 9.98. The number of aliphatic hydroxyl groups is 1. The van der Waals surface area contributed by atoms with Crippen LogP contribution in [0.2, 0.25) is 0 Å². The monoisotopic (exact) mass is 262 g/mol. The third-order valence-corrected chi connectivity index (χ3v) is 4.07. The highest BCUT2D eigenvalue weighted by molar-refractivity contribution is 5.55. The molecule has 1 fully saturated rings. The van der Waals surface area contributed by atoms with Crippen LogP contribution in [0.15, 0.2) is 24.3 Å². The quantitative estimate of drug-likeness (QED) is 0.907. The summed E-state index contributed by atoms with van der Waals surface area (Å²) in [6, 6.07) is 8.81. The molecule has 1 aromatic rings. The van der Waals surface area contributed by atoms with E-state index in [1.165, 1.54) is 12.1 Å². The summed E-state index contributed by atoms with van der Waals surface area (Å²) in [5.74, 6) is 0. The highest BCUT2D eigenvalue weighted by Crippen LogP contribution is 2.29. The molecule has 0 amide bonds. The number of likely N-dealkylation sites (N-methyl/N-ethyl adjacent to an activating group) is 1. The van der Waals surface area contributed by atoms with Gasteiger partial charge in [0.2, 0.25) is 0 Å². The number of hydrogen-bond acceptors (Lipinski definition) is 3. The molecule has 0 bridgehead atoms. The zero-order chi connectivity index (χ0) is 13.8. The molecule has 106 valence electrons. The van der Waals surface area contributed by atoms with Crippen LogP contribution in [0, 0.1) is 0 Å². The number of hydrogen-bond donors (Lipinski definition) is 1. The predicted octanol–water partition coefficient (Wildman–Crippen LogP) is 2.66. The van der Waals surface area contributed by atoms with Crippen LogP contribution < -0.4 is 4.90 Å². The van der Waals surface area contributed by atoms with Crippen LogP contribution in [-0.4, -0.2) is 42.7 Å². The van der Waals surface area contributed by atoms with E-state index >= 15 is 0 Å². The first-order chi connectivity index (χ1) is 9.13. The van der Waals surface area contributed by atoms with Crippen molar-refractivity contribution in [1.29, 1.82) is 0 Å². The minimum Gasteiger partial charge on any atom is -0.389 e. The predicted molar refractivity (Wildman–Crippen MR) is 80.6 cm³/mol. The van der Waals surface area contributed by atoms with Crippen LogP contribution in [0.25, 0.3) is 0 Å². The summed E-state index contributed by atoms with van der Waals surface area (Å²) in [5.41, 5.74) is 2.25. The first-order valence-corrected chi connectivity index (χ1v) is 7.35. The fourth-order valence-electron chi connectivity index (χ4n) is 3.01. The first-order valence-electron chi connectivity index (χ1n) is 7.35. The van der Waals surface area contributed by atoms with E-state index in [0.29, 0.717) is 6.04 Å². The molecular weight excluding hydrogens is 236 g/mol. The molecule has 1 aliphatic heterocycles. The molecule has 0 saturated carbocycles. The molecule has 0 aromatic heterocycles. The normalized spacial score (nSPS) is 23.2. The van der Waals surface area contributed by atoms with Crippen LogP contribution >= 0.6 is 0 Å². The lowest BCUT2D eigenvalue weighted by atomic mass is 10.0. The van der Waals surface area contributed by atoms with Gasteiger partial charge >= 0.3 is 0 Å². The van der Waals surface area contributed by atoms with Gasteiger partial charge in [-0.2, -0.15) is 0 Å². The standard InChI is InChI=1S/C16H26N2O/c1-4-14-12-17(3)10-7-11-18(14)16-9-6-5-8-15(16)13(2)19/h5-6,8-9,13-14,19H,4,7,10-12H2,1-3H3/t13-,14?/m1/s1. The maximum absolute atomic E-state index is 9.98. The molecule has 1 unspecified atom stereocenters. The summed E-state index contributed by atoms with van der Waals surface area (Å²) < 4.78 is 0. The Morgan fingerprint density at radius 1 is 1.32 bits per heavy atom. The van der Waals surface area contributed by atoms with Crippen molar-refractivity contribution in [2.24, 2.45) is 0 Å². The SMILES string of the molecule is CCC1CN(C)CCCN1c1ccccc1[C@@H](C)O. The number of nitrogens with zero attached hydrogens (tertiary/aromatic N) is 2. The summed E-state index contributed by atoms with van der Waals surface area (Å²) in [6.07, 6.45) is 1.91. The van der Waals surface area contributed by atoms with E-state index in [1.54, 1.807) is 0 Å². The van der Waals surface area contributed by atoms with Crippen molar-refractivity contribution < 1.29 is 5.11 Å². The number of aliphatic hydroxyl groups excluding tert-OH is 1. The molecule has 1 saturated heterocycles. The van der Waals surface area contributed by atoms with Gasteiger partial charge in [-0.1, -0.05) is 25.1 Å². The summed E-state index contributed by atoms with van der Waals surface area (Å²) in [4.78, 5) is 4.91. The number of rotatable bonds is 3. The second-order valence-electron chi connectivity index (χ2n) is 5.61. The second-order valence-corrected chi connectivity index (χ2v) is 5.61. The van der Waals surface area contributed by atoms with Crippen molar-refractivity contribution in [3.05, 3.63) is 29.8 Å². The van der Waals surface area contributed by atoms with Crippen LogP contribution in [0.1, 0.15) is 38.4 Å². The van der Waals surface area contributed by atoms with Crippen molar-refractivity contribution >= 4 is 5.69 Å². The topological polar surface area (TPSA) is 26.7 Å². The van der Waals surface area contributed by atoms with Crippen molar-refractivity contribution in [2.45, 2.75) is 38.8 Å². The highest BCUT2D eigenvalue weighted by Gasteiger charge is 2.24. The van der Waals surface area contributed by atoms with Crippen LogP contribution in [-0.2, 0) is 0 Å². The molecule has 3 heteroatoms. The molecule has 0 spiro atoms. The zero-order valence-electron chi connectivity index (χ0n) is 12.3. The Hall–Kier alpha value is -1.06. The van der Waals surface area contributed by atoms with Gasteiger partial charge in [0, 0.05) is 30.4 Å². The van der Waals surface area contributed by atoms with Crippen LogP contribution in [0.3, 0.4) is 0 Å². The molecule has 2 atom stereocenters. The lowest BCUT2D eigenvalue weighted by Gasteiger charge is -2.34. The van der Waals surface area contributed by atoms with Gasteiger partial charge in [0.15, 0.2) is 0 Å². The molecule has 1 aliphatic rings. The summed E-state index contributed by atoms with van der Waals surface area (Å²) in [7, 11) is 2.20. The van der Waals surface area contributed by atoms with Gasteiger partial charge in [-0.15, -0.1) is 0 Å². The van der Waals surface area contributed by atoms with E-state index in [2.05, 4.69) is 35.9 Å². The minimum absolute atomic E-state index is 0.408. The molecule has 0 aliphatic carbocycles. The lowest BCUT2D eigenvalue weighted by Crippen LogP contribution is -2.40. The Kier molecular flexibility index (Phi) is 4.83. The van der Waals surface area contributed by atoms with Crippen molar-refractivity contribution in [1.82, 2.24) is 4.90 Å². The Morgan fingerprint density at radius 2 is 2.05 bits per heavy atom. The average Bonchev–Trinajstić information content (AvgIpc) is 2.60. The van der Waals surface area contributed by atoms with E-state index in [1.807, 2.05) is 19.1 Å². The average molecular weight is 262 g/mol. The fourth-order valence-corrected chi connectivity index (χ4v) is 3.01. The Balaban J connectivity index is 2.32. The lowest BCUT2D eigenvalue weighted by molar-refractivity contribution is 0.199. The summed E-state index contributed by atoms with van der Waals surface area (Å²) in [5, 5.41) is 9.98. The highest BCUT2D eigenvalue weighted by atomic mass is 16.3. The van der Waals surface area contributed by atoms with Gasteiger partial charge in [0.1, 0.15) is 0 Å². The molecule has 2 rings (SSSR count). The third-order valence-electron chi connectivity index (χ3n) is 4.07. The number of para-hydroxylation sites is 1.